The van der Waals surface area contributed by atoms with Crippen LogP contribution < -0.4 is 0 Å². The molecule has 0 rings (SSSR count). The molecular formula is C30H58. The summed E-state index contributed by atoms with van der Waals surface area (Å²) in [7, 11) is 0. The average Bonchev–Trinajstić information content (AvgIpc) is 2.74. The molecular weight excluding hydrogens is 360 g/mol. The predicted octanol–water partition coefficient (Wildman–Crippen LogP) is 10.9. The van der Waals surface area contributed by atoms with Crippen LogP contribution in [-0.2, 0) is 0 Å². The molecule has 0 heterocycles. The molecule has 0 radical (unpaired) electrons. The van der Waals surface area contributed by atoms with Crippen LogP contribution in [0.2, 0.25) is 0 Å². The van der Waals surface area contributed by atoms with Crippen LogP contribution in [0.25, 0.3) is 0 Å². The molecule has 178 valence electrons. The molecule has 0 aromatic rings. The lowest BCUT2D eigenvalue weighted by Crippen LogP contribution is -1.96. The number of hydrogen-bond acceptors (Lipinski definition) is 0. The van der Waals surface area contributed by atoms with Crippen molar-refractivity contribution in [1.82, 2.24) is 0 Å². The second kappa shape index (κ2) is 24.8. The third-order valence-corrected chi connectivity index (χ3v) is 6.72. The molecule has 0 aliphatic rings. The molecule has 0 saturated heterocycles. The zero-order valence-electron chi connectivity index (χ0n) is 21.7. The summed E-state index contributed by atoms with van der Waals surface area (Å²) in [5, 5.41) is 0. The summed E-state index contributed by atoms with van der Waals surface area (Å²) >= 11 is 0. The van der Waals surface area contributed by atoms with Crippen LogP contribution >= 0.6 is 0 Å². The molecule has 30 heavy (non-hydrogen) atoms. The van der Waals surface area contributed by atoms with Crippen molar-refractivity contribution in [3.05, 3.63) is 0 Å². The lowest BCUT2D eigenvalue weighted by Gasteiger charge is -2.12. The van der Waals surface area contributed by atoms with E-state index in [9.17, 15) is 0 Å². The number of hydrogen-bond donors (Lipinski definition) is 0. The van der Waals surface area contributed by atoms with Gasteiger partial charge in [-0.15, -0.1) is 11.8 Å². The molecule has 2 unspecified atom stereocenters. The van der Waals surface area contributed by atoms with Crippen molar-refractivity contribution in [3.8, 4) is 11.8 Å². The van der Waals surface area contributed by atoms with Crippen molar-refractivity contribution in [2.75, 3.05) is 0 Å². The van der Waals surface area contributed by atoms with E-state index in [2.05, 4.69) is 39.5 Å². The van der Waals surface area contributed by atoms with Gasteiger partial charge in [-0.2, -0.15) is 0 Å². The third-order valence-electron chi connectivity index (χ3n) is 6.72. The van der Waals surface area contributed by atoms with Crippen molar-refractivity contribution < 1.29 is 0 Å². The maximum atomic E-state index is 3.41. The van der Waals surface area contributed by atoms with Crippen molar-refractivity contribution in [2.45, 2.75) is 169 Å². The summed E-state index contributed by atoms with van der Waals surface area (Å²) in [6.07, 6.45) is 30.5. The third kappa shape index (κ3) is 23.8. The van der Waals surface area contributed by atoms with Gasteiger partial charge in [0.1, 0.15) is 0 Å². The van der Waals surface area contributed by atoms with Gasteiger partial charge in [-0.1, -0.05) is 143 Å². The highest BCUT2D eigenvalue weighted by atomic mass is 14.1. The van der Waals surface area contributed by atoms with Crippen LogP contribution in [0.4, 0.5) is 0 Å². The van der Waals surface area contributed by atoms with Crippen LogP contribution in [0.3, 0.4) is 0 Å². The minimum absolute atomic E-state index is 0.915. The Hall–Kier alpha value is -0.440. The summed E-state index contributed by atoms with van der Waals surface area (Å²) in [5.41, 5.74) is 0. The van der Waals surface area contributed by atoms with Gasteiger partial charge in [0.25, 0.3) is 0 Å². The fraction of sp³-hybridized carbons (Fsp3) is 0.933. The van der Waals surface area contributed by atoms with Crippen LogP contribution in [0.5, 0.6) is 0 Å². The summed E-state index contributed by atoms with van der Waals surface area (Å²) in [6.45, 7) is 9.51. The van der Waals surface area contributed by atoms with Gasteiger partial charge in [-0.3, -0.25) is 0 Å². The quantitative estimate of drug-likeness (QED) is 0.121. The largest absolute Gasteiger partial charge is 0.103 e. The molecule has 0 aromatic heterocycles. The molecule has 0 nitrogen and oxygen atoms in total. The Morgan fingerprint density at radius 3 is 1.17 bits per heavy atom. The van der Waals surface area contributed by atoms with E-state index in [4.69, 9.17) is 0 Å². The standard InChI is InChI=1S/C30H58/c1-5-7-9-11-12-13-14-15-16-17-18-22-26-30(4)28-24-20-19-23-27-29(3)25-21-10-8-6-2/h29-30H,5-14,17-28H2,1-4H3. The van der Waals surface area contributed by atoms with Gasteiger partial charge in [0.05, 0.1) is 0 Å². The van der Waals surface area contributed by atoms with Crippen LogP contribution in [0, 0.1) is 23.7 Å². The molecule has 0 heteroatoms. The zero-order chi connectivity index (χ0) is 22.1. The molecule has 0 aliphatic heterocycles. The topological polar surface area (TPSA) is 0 Å². The molecule has 0 saturated carbocycles. The first-order valence-electron chi connectivity index (χ1n) is 14.2. The number of rotatable bonds is 22. The van der Waals surface area contributed by atoms with E-state index >= 15 is 0 Å². The molecule has 0 aromatic carbocycles. The van der Waals surface area contributed by atoms with Crippen LogP contribution in [-0.4, -0.2) is 0 Å². The minimum atomic E-state index is 0.915. The van der Waals surface area contributed by atoms with Gasteiger partial charge < -0.3 is 0 Å². The molecule has 2 atom stereocenters. The summed E-state index contributed by atoms with van der Waals surface area (Å²) in [4.78, 5) is 0. The SMILES string of the molecule is CCCCCCCCC#CCCCCC(C)CCCCCCC(C)CCCCCC. The minimum Gasteiger partial charge on any atom is -0.103 e. The summed E-state index contributed by atoms with van der Waals surface area (Å²) < 4.78 is 0. The van der Waals surface area contributed by atoms with Gasteiger partial charge in [0.2, 0.25) is 0 Å². The first-order chi connectivity index (χ1) is 14.7. The Morgan fingerprint density at radius 2 is 0.700 bits per heavy atom. The Balaban J connectivity index is 3.33. The Labute approximate surface area is 192 Å². The molecule has 0 N–H and O–H groups in total. The van der Waals surface area contributed by atoms with Crippen molar-refractivity contribution in [3.63, 3.8) is 0 Å². The van der Waals surface area contributed by atoms with E-state index in [1.54, 1.807) is 0 Å². The second-order valence-corrected chi connectivity index (χ2v) is 10.2. The normalized spacial score (nSPS) is 13.1. The van der Waals surface area contributed by atoms with Crippen molar-refractivity contribution in [1.29, 1.82) is 0 Å². The van der Waals surface area contributed by atoms with E-state index in [-0.39, 0.29) is 0 Å². The Morgan fingerprint density at radius 1 is 0.400 bits per heavy atom. The van der Waals surface area contributed by atoms with E-state index < -0.39 is 0 Å². The second-order valence-electron chi connectivity index (χ2n) is 10.2. The fourth-order valence-corrected chi connectivity index (χ4v) is 4.42. The zero-order valence-corrected chi connectivity index (χ0v) is 21.7. The van der Waals surface area contributed by atoms with Gasteiger partial charge >= 0.3 is 0 Å². The summed E-state index contributed by atoms with van der Waals surface area (Å²) in [6, 6.07) is 0. The molecule has 0 amide bonds. The Kier molecular flexibility index (Phi) is 24.5. The molecule has 0 fully saturated rings. The van der Waals surface area contributed by atoms with E-state index in [1.807, 2.05) is 0 Å². The van der Waals surface area contributed by atoms with Crippen LogP contribution in [0.15, 0.2) is 0 Å². The van der Waals surface area contributed by atoms with E-state index in [1.165, 1.54) is 128 Å². The lowest BCUT2D eigenvalue weighted by atomic mass is 9.94. The van der Waals surface area contributed by atoms with E-state index in [0.29, 0.717) is 0 Å². The summed E-state index contributed by atoms with van der Waals surface area (Å²) in [5.74, 6) is 8.67. The monoisotopic (exact) mass is 418 g/mol. The van der Waals surface area contributed by atoms with Crippen molar-refractivity contribution >= 4 is 0 Å². The van der Waals surface area contributed by atoms with Crippen LogP contribution in [0.1, 0.15) is 169 Å². The average molecular weight is 419 g/mol. The van der Waals surface area contributed by atoms with Gasteiger partial charge in [0.15, 0.2) is 0 Å². The van der Waals surface area contributed by atoms with Crippen molar-refractivity contribution in [2.24, 2.45) is 11.8 Å². The molecule has 0 bridgehead atoms. The van der Waals surface area contributed by atoms with Gasteiger partial charge in [-0.05, 0) is 24.7 Å². The van der Waals surface area contributed by atoms with E-state index in [0.717, 1.165) is 24.7 Å². The maximum Gasteiger partial charge on any atom is 0.00886 e. The maximum absolute atomic E-state index is 3.41. The van der Waals surface area contributed by atoms with Gasteiger partial charge in [0, 0.05) is 12.8 Å². The highest BCUT2D eigenvalue weighted by Crippen LogP contribution is 2.20. The first-order valence-corrected chi connectivity index (χ1v) is 14.2. The smallest absolute Gasteiger partial charge is 0.00886 e. The molecule has 0 spiro atoms. The highest BCUT2D eigenvalue weighted by molar-refractivity contribution is 4.98. The molecule has 0 aliphatic carbocycles. The van der Waals surface area contributed by atoms with Gasteiger partial charge in [-0.25, -0.2) is 0 Å². The number of unbranched alkanes of at least 4 members (excludes halogenated alkanes) is 14. The first kappa shape index (κ1) is 29.6. The highest BCUT2D eigenvalue weighted by Gasteiger charge is 2.04. The lowest BCUT2D eigenvalue weighted by molar-refractivity contribution is 0.416. The predicted molar refractivity (Wildman–Crippen MR) is 139 cm³/mol. The Bertz CT molecular complexity index is 371. The fourth-order valence-electron chi connectivity index (χ4n) is 4.42.